The molecule has 6 nitrogen and oxygen atoms in total. The Bertz CT molecular complexity index is 688. The van der Waals surface area contributed by atoms with Crippen molar-refractivity contribution in [1.29, 1.82) is 0 Å². The maximum atomic E-state index is 5.38. The Balaban J connectivity index is 2.29. The van der Waals surface area contributed by atoms with E-state index in [4.69, 9.17) is 20.9 Å². The van der Waals surface area contributed by atoms with Gasteiger partial charge in [-0.25, -0.2) is 0 Å². The fourth-order valence-corrected chi connectivity index (χ4v) is 2.03. The van der Waals surface area contributed by atoms with E-state index in [-0.39, 0.29) is 5.96 Å². The smallest absolute Gasteiger partial charge is 0.211 e. The van der Waals surface area contributed by atoms with Crippen LogP contribution >= 0.6 is 0 Å². The average molecular weight is 312 g/mol. The Hall–Kier alpha value is -3.02. The molecule has 6 heteroatoms. The summed E-state index contributed by atoms with van der Waals surface area (Å²) in [6.07, 6.45) is 0.590. The Morgan fingerprint density at radius 2 is 1.35 bits per heavy atom. The number of guanidine groups is 1. The monoisotopic (exact) mass is 312 g/mol. The van der Waals surface area contributed by atoms with E-state index in [0.717, 1.165) is 28.3 Å². The fourth-order valence-electron chi connectivity index (χ4n) is 2.03. The van der Waals surface area contributed by atoms with Crippen LogP contribution in [-0.4, -0.2) is 25.9 Å². The predicted octanol–water partition coefficient (Wildman–Crippen LogP) is 1.92. The number of nitrogens with two attached hydrogens (primary N) is 2. The minimum Gasteiger partial charge on any atom is -0.497 e. The summed E-state index contributed by atoms with van der Waals surface area (Å²) in [4.78, 5) is 0. The van der Waals surface area contributed by atoms with Gasteiger partial charge in [-0.05, 0) is 47.5 Å². The molecule has 0 radical (unpaired) electrons. The maximum absolute atomic E-state index is 5.38. The first-order valence-electron chi connectivity index (χ1n) is 7.05. The highest BCUT2D eigenvalue weighted by atomic mass is 16.5. The summed E-state index contributed by atoms with van der Waals surface area (Å²) in [6, 6.07) is 15.3. The molecule has 0 atom stereocenters. The third kappa shape index (κ3) is 4.74. The fraction of sp³-hybridized carbons (Fsp3) is 0.176. The van der Waals surface area contributed by atoms with Gasteiger partial charge in [-0.1, -0.05) is 12.1 Å². The third-order valence-corrected chi connectivity index (χ3v) is 3.24. The van der Waals surface area contributed by atoms with Gasteiger partial charge in [-0.3, -0.25) is 0 Å². The van der Waals surface area contributed by atoms with Gasteiger partial charge in [0.25, 0.3) is 0 Å². The molecule has 0 aliphatic rings. The molecule has 120 valence electrons. The number of ether oxygens (including phenoxy) is 2. The minimum absolute atomic E-state index is 0.0780. The summed E-state index contributed by atoms with van der Waals surface area (Å²) in [6.45, 7) is 0. The third-order valence-electron chi connectivity index (χ3n) is 3.24. The van der Waals surface area contributed by atoms with Crippen molar-refractivity contribution in [3.05, 3.63) is 59.7 Å². The number of hydrogen-bond donors (Lipinski definition) is 2. The number of hydrogen-bond acceptors (Lipinski definition) is 4. The molecular weight excluding hydrogens is 292 g/mol. The van der Waals surface area contributed by atoms with Crippen LogP contribution in [0, 0.1) is 0 Å². The SMILES string of the molecule is COc1ccc(C/C(=N\N=C(N)N)c2ccc(OC)cc2)cc1. The molecule has 0 saturated heterocycles. The van der Waals surface area contributed by atoms with E-state index in [9.17, 15) is 0 Å². The van der Waals surface area contributed by atoms with Gasteiger partial charge in [0.1, 0.15) is 11.5 Å². The molecule has 0 aliphatic carbocycles. The van der Waals surface area contributed by atoms with Crippen LogP contribution in [0.25, 0.3) is 0 Å². The highest BCUT2D eigenvalue weighted by Gasteiger charge is 2.07. The van der Waals surface area contributed by atoms with Crippen LogP contribution in [0.3, 0.4) is 0 Å². The lowest BCUT2D eigenvalue weighted by Gasteiger charge is -2.08. The van der Waals surface area contributed by atoms with Crippen LogP contribution < -0.4 is 20.9 Å². The molecule has 4 N–H and O–H groups in total. The van der Waals surface area contributed by atoms with Gasteiger partial charge in [-0.15, -0.1) is 5.10 Å². The zero-order valence-electron chi connectivity index (χ0n) is 13.2. The Morgan fingerprint density at radius 1 is 0.826 bits per heavy atom. The molecule has 23 heavy (non-hydrogen) atoms. The molecule has 0 amide bonds. The minimum atomic E-state index is -0.0780. The summed E-state index contributed by atoms with van der Waals surface area (Å²) in [5.74, 6) is 1.51. The second-order valence-electron chi connectivity index (χ2n) is 4.82. The molecule has 0 fully saturated rings. The molecule has 0 aliphatic heterocycles. The van der Waals surface area contributed by atoms with Crippen LogP contribution in [-0.2, 0) is 6.42 Å². The molecule has 2 rings (SSSR count). The summed E-state index contributed by atoms with van der Waals surface area (Å²) >= 11 is 0. The van der Waals surface area contributed by atoms with E-state index in [2.05, 4.69) is 10.2 Å². The van der Waals surface area contributed by atoms with Gasteiger partial charge >= 0.3 is 0 Å². The zero-order valence-corrected chi connectivity index (χ0v) is 13.2. The van der Waals surface area contributed by atoms with Crippen molar-refractivity contribution < 1.29 is 9.47 Å². The average Bonchev–Trinajstić information content (AvgIpc) is 2.59. The lowest BCUT2D eigenvalue weighted by atomic mass is 10.0. The van der Waals surface area contributed by atoms with E-state index >= 15 is 0 Å². The lowest BCUT2D eigenvalue weighted by molar-refractivity contribution is 0.414. The first-order valence-corrected chi connectivity index (χ1v) is 7.05. The number of nitrogens with zero attached hydrogens (tertiary/aromatic N) is 2. The molecule has 0 saturated carbocycles. The Labute approximate surface area is 135 Å². The standard InChI is InChI=1S/C17H20N4O2/c1-22-14-7-3-12(4-8-14)11-16(20-21-17(18)19)13-5-9-15(23-2)10-6-13/h3-10H,11H2,1-2H3,(H4,18,19,21)/b20-16+. The Morgan fingerprint density at radius 3 is 1.83 bits per heavy atom. The molecule has 0 heterocycles. The lowest BCUT2D eigenvalue weighted by Crippen LogP contribution is -2.22. The van der Waals surface area contributed by atoms with Gasteiger partial charge in [-0.2, -0.15) is 5.10 Å². The second-order valence-corrected chi connectivity index (χ2v) is 4.82. The van der Waals surface area contributed by atoms with Gasteiger partial charge in [0.2, 0.25) is 5.96 Å². The van der Waals surface area contributed by atoms with Crippen molar-refractivity contribution in [2.45, 2.75) is 6.42 Å². The van der Waals surface area contributed by atoms with Crippen LogP contribution in [0.2, 0.25) is 0 Å². The van der Waals surface area contributed by atoms with Crippen molar-refractivity contribution in [3.63, 3.8) is 0 Å². The van der Waals surface area contributed by atoms with Gasteiger partial charge in [0.15, 0.2) is 0 Å². The first-order chi connectivity index (χ1) is 11.1. The van der Waals surface area contributed by atoms with Gasteiger partial charge in [0.05, 0.1) is 19.9 Å². The van der Waals surface area contributed by atoms with E-state index < -0.39 is 0 Å². The predicted molar refractivity (Wildman–Crippen MR) is 92.0 cm³/mol. The topological polar surface area (TPSA) is 95.2 Å². The van der Waals surface area contributed by atoms with Crippen molar-refractivity contribution >= 4 is 11.7 Å². The first kappa shape index (κ1) is 16.4. The molecule has 0 bridgehead atoms. The van der Waals surface area contributed by atoms with E-state index in [1.807, 2.05) is 48.5 Å². The van der Waals surface area contributed by atoms with Crippen molar-refractivity contribution in [2.24, 2.45) is 21.7 Å². The van der Waals surface area contributed by atoms with E-state index in [1.54, 1.807) is 14.2 Å². The van der Waals surface area contributed by atoms with Crippen molar-refractivity contribution in [2.75, 3.05) is 14.2 Å². The van der Waals surface area contributed by atoms with Gasteiger partial charge in [0, 0.05) is 6.42 Å². The summed E-state index contributed by atoms with van der Waals surface area (Å²) in [5.41, 5.74) is 13.5. The number of benzene rings is 2. The second kappa shape index (κ2) is 7.84. The zero-order chi connectivity index (χ0) is 16.7. The molecule has 0 unspecified atom stereocenters. The molecule has 0 spiro atoms. The maximum Gasteiger partial charge on any atom is 0.211 e. The van der Waals surface area contributed by atoms with E-state index in [1.165, 1.54) is 0 Å². The van der Waals surface area contributed by atoms with Crippen molar-refractivity contribution in [3.8, 4) is 11.5 Å². The Kier molecular flexibility index (Phi) is 5.57. The van der Waals surface area contributed by atoms with Gasteiger partial charge < -0.3 is 20.9 Å². The highest BCUT2D eigenvalue weighted by molar-refractivity contribution is 6.02. The number of methoxy groups -OCH3 is 2. The van der Waals surface area contributed by atoms with Crippen LogP contribution in [0.15, 0.2) is 58.7 Å². The van der Waals surface area contributed by atoms with E-state index in [0.29, 0.717) is 6.42 Å². The van der Waals surface area contributed by atoms with Crippen LogP contribution in [0.5, 0.6) is 11.5 Å². The summed E-state index contributed by atoms with van der Waals surface area (Å²) < 4.78 is 10.3. The summed E-state index contributed by atoms with van der Waals surface area (Å²) in [5, 5.41) is 7.95. The number of rotatable bonds is 6. The molecular formula is C17H20N4O2. The highest BCUT2D eigenvalue weighted by Crippen LogP contribution is 2.16. The molecule has 2 aromatic rings. The van der Waals surface area contributed by atoms with Crippen LogP contribution in [0.1, 0.15) is 11.1 Å². The quantitative estimate of drug-likeness (QED) is 0.484. The normalized spacial score (nSPS) is 11.0. The van der Waals surface area contributed by atoms with Crippen molar-refractivity contribution in [1.82, 2.24) is 0 Å². The van der Waals surface area contributed by atoms with Crippen LogP contribution in [0.4, 0.5) is 0 Å². The summed E-state index contributed by atoms with van der Waals surface area (Å²) in [7, 11) is 3.26. The largest absolute Gasteiger partial charge is 0.497 e. The molecule has 0 aromatic heterocycles. The molecule has 2 aromatic carbocycles.